The predicted molar refractivity (Wildman–Crippen MR) is 60.9 cm³/mol. The highest BCUT2D eigenvalue weighted by Crippen LogP contribution is 2.26. The lowest BCUT2D eigenvalue weighted by atomic mass is 10.2. The molecule has 1 aliphatic heterocycles. The first-order chi connectivity index (χ1) is 7.68. The Bertz CT molecular complexity index is 447. The van der Waals surface area contributed by atoms with Crippen molar-refractivity contribution < 1.29 is 15.0 Å². The number of carboxylic acid groups (broad SMARTS) is 1. The van der Waals surface area contributed by atoms with E-state index in [1.54, 1.807) is 12.3 Å². The van der Waals surface area contributed by atoms with Gasteiger partial charge in [-0.2, -0.15) is 0 Å². The summed E-state index contributed by atoms with van der Waals surface area (Å²) in [6.45, 7) is 0. The molecule has 1 aromatic rings. The molecule has 0 aliphatic carbocycles. The first-order valence-electron chi connectivity index (χ1n) is 4.76. The summed E-state index contributed by atoms with van der Waals surface area (Å²) in [5.74, 6) is -0.237. The monoisotopic (exact) mass is 238 g/mol. The van der Waals surface area contributed by atoms with Gasteiger partial charge in [-0.3, -0.25) is 9.98 Å². The molecule has 2 heterocycles. The van der Waals surface area contributed by atoms with Gasteiger partial charge in [0.25, 0.3) is 0 Å². The van der Waals surface area contributed by atoms with Gasteiger partial charge in [0.15, 0.2) is 0 Å². The average molecular weight is 238 g/mol. The lowest BCUT2D eigenvalue weighted by Crippen LogP contribution is -2.24. The van der Waals surface area contributed by atoms with Gasteiger partial charge in [0.05, 0.1) is 0 Å². The Hall–Kier alpha value is -1.56. The van der Waals surface area contributed by atoms with Gasteiger partial charge < -0.3 is 10.2 Å². The third kappa shape index (κ3) is 2.16. The van der Waals surface area contributed by atoms with Crippen LogP contribution in [0.1, 0.15) is 12.1 Å². The molecule has 1 atom stereocenters. The fourth-order valence-electron chi connectivity index (χ4n) is 1.38. The minimum Gasteiger partial charge on any atom is -0.506 e. The third-order valence-electron chi connectivity index (χ3n) is 2.18. The molecule has 16 heavy (non-hydrogen) atoms. The number of carbonyl (C=O) groups is 1. The number of nitrogens with zero attached hydrogens (tertiary/aromatic N) is 2. The molecular weight excluding hydrogens is 228 g/mol. The molecule has 0 spiro atoms. The maximum absolute atomic E-state index is 10.8. The van der Waals surface area contributed by atoms with Crippen LogP contribution in [0, 0.1) is 0 Å². The molecule has 0 saturated carbocycles. The van der Waals surface area contributed by atoms with E-state index in [0.717, 1.165) is 0 Å². The Labute approximate surface area is 96.2 Å². The van der Waals surface area contributed by atoms with Crippen LogP contribution in [0.2, 0.25) is 0 Å². The van der Waals surface area contributed by atoms with Crippen LogP contribution in [0.25, 0.3) is 0 Å². The zero-order valence-corrected chi connectivity index (χ0v) is 9.15. The van der Waals surface area contributed by atoms with E-state index in [0.29, 0.717) is 22.9 Å². The molecule has 0 fully saturated rings. The van der Waals surface area contributed by atoms with Gasteiger partial charge in [-0.05, 0) is 18.6 Å². The van der Waals surface area contributed by atoms with E-state index in [9.17, 15) is 9.90 Å². The van der Waals surface area contributed by atoms with E-state index >= 15 is 0 Å². The van der Waals surface area contributed by atoms with Crippen molar-refractivity contribution in [3.8, 4) is 5.75 Å². The van der Waals surface area contributed by atoms with Crippen LogP contribution in [0.3, 0.4) is 0 Å². The molecule has 5 nitrogen and oxygen atoms in total. The van der Waals surface area contributed by atoms with Gasteiger partial charge in [0, 0.05) is 11.9 Å². The maximum Gasteiger partial charge on any atom is 0.328 e. The van der Waals surface area contributed by atoms with Crippen LogP contribution < -0.4 is 0 Å². The second kappa shape index (κ2) is 4.52. The minimum absolute atomic E-state index is 0.0276. The quantitative estimate of drug-likeness (QED) is 0.806. The van der Waals surface area contributed by atoms with E-state index in [2.05, 4.69) is 9.98 Å². The summed E-state index contributed by atoms with van der Waals surface area (Å²) in [7, 11) is 0. The summed E-state index contributed by atoms with van der Waals surface area (Å²) in [6, 6.07) is 2.40. The largest absolute Gasteiger partial charge is 0.506 e. The Kier molecular flexibility index (Phi) is 3.09. The molecule has 1 aliphatic rings. The molecule has 2 N–H and O–H groups in total. The number of aromatic hydroxyl groups is 1. The van der Waals surface area contributed by atoms with E-state index < -0.39 is 12.0 Å². The smallest absolute Gasteiger partial charge is 0.328 e. The third-order valence-corrected chi connectivity index (χ3v) is 3.19. The van der Waals surface area contributed by atoms with Crippen LogP contribution in [-0.4, -0.2) is 38.0 Å². The van der Waals surface area contributed by atoms with Crippen molar-refractivity contribution in [3.63, 3.8) is 0 Å². The number of pyridine rings is 1. The highest BCUT2D eigenvalue weighted by atomic mass is 32.2. The minimum atomic E-state index is -0.937. The first kappa shape index (κ1) is 10.9. The topological polar surface area (TPSA) is 82.8 Å². The Morgan fingerprint density at radius 2 is 2.38 bits per heavy atom. The average Bonchev–Trinajstić information content (AvgIpc) is 2.30. The number of rotatable bonds is 2. The lowest BCUT2D eigenvalue weighted by molar-refractivity contribution is -0.138. The van der Waals surface area contributed by atoms with Crippen molar-refractivity contribution in [3.05, 3.63) is 24.0 Å². The van der Waals surface area contributed by atoms with E-state index in [4.69, 9.17) is 5.11 Å². The zero-order chi connectivity index (χ0) is 11.5. The van der Waals surface area contributed by atoms with E-state index in [1.165, 1.54) is 17.8 Å². The van der Waals surface area contributed by atoms with Crippen LogP contribution >= 0.6 is 11.8 Å². The Morgan fingerprint density at radius 1 is 1.56 bits per heavy atom. The van der Waals surface area contributed by atoms with Gasteiger partial charge in [-0.1, -0.05) is 0 Å². The van der Waals surface area contributed by atoms with Crippen LogP contribution in [0.5, 0.6) is 5.75 Å². The second-order valence-electron chi connectivity index (χ2n) is 3.30. The van der Waals surface area contributed by atoms with Gasteiger partial charge in [0.1, 0.15) is 22.5 Å². The molecule has 0 unspecified atom stereocenters. The van der Waals surface area contributed by atoms with E-state index in [-0.39, 0.29) is 5.75 Å². The van der Waals surface area contributed by atoms with Crippen LogP contribution in [0.4, 0.5) is 0 Å². The summed E-state index contributed by atoms with van der Waals surface area (Å²) in [6.07, 6.45) is 2.06. The van der Waals surface area contributed by atoms with Crippen LogP contribution in [0.15, 0.2) is 23.3 Å². The number of aliphatic carboxylic acids is 1. The molecule has 84 valence electrons. The normalized spacial score (nSPS) is 20.2. The maximum atomic E-state index is 10.8. The van der Waals surface area contributed by atoms with Crippen molar-refractivity contribution in [1.29, 1.82) is 0 Å². The van der Waals surface area contributed by atoms with Crippen molar-refractivity contribution in [2.75, 3.05) is 5.75 Å². The number of hydrogen-bond acceptors (Lipinski definition) is 5. The number of carboxylic acids is 1. The van der Waals surface area contributed by atoms with Gasteiger partial charge in [0.2, 0.25) is 0 Å². The van der Waals surface area contributed by atoms with Crippen molar-refractivity contribution in [2.24, 2.45) is 4.99 Å². The molecule has 1 aromatic heterocycles. The molecular formula is C10H10N2O3S. The fourth-order valence-corrected chi connectivity index (χ4v) is 2.41. The SMILES string of the molecule is O=C(O)[C@H]1CCSC(c2ncccc2O)=N1. The Morgan fingerprint density at radius 3 is 3.06 bits per heavy atom. The highest BCUT2D eigenvalue weighted by molar-refractivity contribution is 8.14. The van der Waals surface area contributed by atoms with E-state index in [1.807, 2.05) is 0 Å². The highest BCUT2D eigenvalue weighted by Gasteiger charge is 2.24. The standard InChI is InChI=1S/C10H10N2O3S/c13-7-2-1-4-11-8(7)9-12-6(10(14)15)3-5-16-9/h1-2,4,6,13H,3,5H2,(H,14,15)/t6-/m1/s1. The van der Waals surface area contributed by atoms with Crippen LogP contribution in [-0.2, 0) is 4.79 Å². The summed E-state index contributed by atoms with van der Waals surface area (Å²) >= 11 is 1.42. The van der Waals surface area contributed by atoms with Crippen molar-refractivity contribution in [1.82, 2.24) is 4.98 Å². The Balaban J connectivity index is 2.34. The molecule has 2 rings (SSSR count). The number of aromatic nitrogens is 1. The molecule has 0 radical (unpaired) electrons. The summed E-state index contributed by atoms with van der Waals surface area (Å²) < 4.78 is 0. The lowest BCUT2D eigenvalue weighted by Gasteiger charge is -2.16. The molecule has 0 saturated heterocycles. The number of aliphatic imine (C=N–C) groups is 1. The predicted octanol–water partition coefficient (Wildman–Crippen LogP) is 1.12. The number of thioether (sulfide) groups is 1. The molecule has 0 amide bonds. The molecule has 0 aromatic carbocycles. The van der Waals surface area contributed by atoms with Crippen molar-refractivity contribution in [2.45, 2.75) is 12.5 Å². The number of hydrogen-bond donors (Lipinski definition) is 2. The summed E-state index contributed by atoms with van der Waals surface area (Å²) in [5.41, 5.74) is 0.360. The molecule has 6 heteroatoms. The zero-order valence-electron chi connectivity index (χ0n) is 8.33. The second-order valence-corrected chi connectivity index (χ2v) is 4.38. The van der Waals surface area contributed by atoms with Gasteiger partial charge >= 0.3 is 5.97 Å². The fraction of sp³-hybridized carbons (Fsp3) is 0.300. The van der Waals surface area contributed by atoms with Gasteiger partial charge in [-0.25, -0.2) is 4.79 Å². The summed E-state index contributed by atoms with van der Waals surface area (Å²) in [4.78, 5) is 18.9. The molecule has 0 bridgehead atoms. The van der Waals surface area contributed by atoms with Gasteiger partial charge in [-0.15, -0.1) is 11.8 Å². The summed E-state index contributed by atoms with van der Waals surface area (Å²) in [5, 5.41) is 19.0. The van der Waals surface area contributed by atoms with Crippen molar-refractivity contribution >= 4 is 22.8 Å². The first-order valence-corrected chi connectivity index (χ1v) is 5.75.